The van der Waals surface area contributed by atoms with Crippen molar-refractivity contribution in [2.45, 2.75) is 31.4 Å². The highest BCUT2D eigenvalue weighted by Crippen LogP contribution is 2.37. The molecule has 1 aromatic heterocycles. The van der Waals surface area contributed by atoms with Crippen LogP contribution in [0.15, 0.2) is 48.7 Å². The zero-order valence-electron chi connectivity index (χ0n) is 16.4. The van der Waals surface area contributed by atoms with Gasteiger partial charge in [0.1, 0.15) is 6.10 Å². The summed E-state index contributed by atoms with van der Waals surface area (Å²) in [5, 5.41) is 2.11. The highest BCUT2D eigenvalue weighted by atomic mass is 35.5. The Labute approximate surface area is 179 Å². The smallest absolute Gasteiger partial charge is 0.251 e. The third-order valence-corrected chi connectivity index (χ3v) is 5.76. The zero-order chi connectivity index (χ0) is 20.5. The van der Waals surface area contributed by atoms with E-state index in [1.807, 2.05) is 35.3 Å². The fraction of sp³-hybridized carbons (Fsp3) is 0.364. The molecule has 7 nitrogen and oxygen atoms in total. The van der Waals surface area contributed by atoms with Gasteiger partial charge in [0, 0.05) is 19.3 Å². The number of hydroxylamine groups is 1. The van der Waals surface area contributed by atoms with Crippen LogP contribution < -0.4 is 14.5 Å². The van der Waals surface area contributed by atoms with Crippen molar-refractivity contribution in [1.29, 1.82) is 0 Å². The Kier molecular flexibility index (Phi) is 5.23. The first-order chi connectivity index (χ1) is 14.7. The van der Waals surface area contributed by atoms with E-state index < -0.39 is 6.04 Å². The average molecular weight is 428 g/mol. The first-order valence-corrected chi connectivity index (χ1v) is 10.5. The molecule has 1 aromatic carbocycles. The Hall–Kier alpha value is -2.77. The molecule has 1 fully saturated rings. The van der Waals surface area contributed by atoms with Crippen LogP contribution in [-0.4, -0.2) is 41.7 Å². The van der Waals surface area contributed by atoms with Crippen molar-refractivity contribution >= 4 is 23.3 Å². The van der Waals surface area contributed by atoms with Gasteiger partial charge in [0.25, 0.3) is 5.91 Å². The molecule has 2 aromatic rings. The summed E-state index contributed by atoms with van der Waals surface area (Å²) in [6, 6.07) is 8.62. The maximum atomic E-state index is 13.3. The predicted molar refractivity (Wildman–Crippen MR) is 111 cm³/mol. The number of halogens is 1. The number of hydrogen-bond acceptors (Lipinski definition) is 6. The molecular weight excluding hydrogens is 406 g/mol. The molecule has 1 saturated heterocycles. The molecule has 0 spiro atoms. The van der Waals surface area contributed by atoms with Gasteiger partial charge in [-0.25, -0.2) is 10.0 Å². The lowest BCUT2D eigenvalue weighted by Gasteiger charge is -2.38. The molecular formula is C22H22ClN3O4. The molecule has 3 aliphatic heterocycles. The number of rotatable bonds is 3. The maximum Gasteiger partial charge on any atom is 0.251 e. The summed E-state index contributed by atoms with van der Waals surface area (Å²) in [7, 11) is 0. The summed E-state index contributed by atoms with van der Waals surface area (Å²) in [6.07, 6.45) is 8.20. The summed E-state index contributed by atoms with van der Waals surface area (Å²) in [4.78, 5) is 25.8. The van der Waals surface area contributed by atoms with E-state index in [0.717, 1.165) is 37.9 Å². The van der Waals surface area contributed by atoms with E-state index in [2.05, 4.69) is 4.98 Å². The molecule has 3 aliphatic rings. The number of fused-ring (bicyclic) bond motifs is 1. The summed E-state index contributed by atoms with van der Waals surface area (Å²) >= 11 is 6.01. The molecule has 2 atom stereocenters. The Bertz CT molecular complexity index is 959. The summed E-state index contributed by atoms with van der Waals surface area (Å²) in [6.45, 7) is 1.76. The highest BCUT2D eigenvalue weighted by Gasteiger charge is 2.35. The SMILES string of the molecule is O=C(C1C=CC(c2ccc3c(c2)OCO3)ON1c1ccc(Cl)cn1)N1CCCCC1. The van der Waals surface area contributed by atoms with Crippen molar-refractivity contribution in [2.24, 2.45) is 0 Å². The third-order valence-electron chi connectivity index (χ3n) is 5.53. The standard InChI is InChI=1S/C22H22ClN3O4/c23-16-5-9-21(24-13-16)26-17(22(27)25-10-2-1-3-11-25)6-8-18(30-26)15-4-7-19-20(12-15)29-14-28-19/h4-9,12-13,17-18H,1-3,10-11,14H2. The van der Waals surface area contributed by atoms with E-state index in [9.17, 15) is 4.79 Å². The van der Waals surface area contributed by atoms with Crippen LogP contribution in [0.3, 0.4) is 0 Å². The highest BCUT2D eigenvalue weighted by molar-refractivity contribution is 6.30. The van der Waals surface area contributed by atoms with Gasteiger partial charge in [0.2, 0.25) is 6.79 Å². The van der Waals surface area contributed by atoms with Crippen LogP contribution >= 0.6 is 11.6 Å². The van der Waals surface area contributed by atoms with Gasteiger partial charge in [-0.15, -0.1) is 0 Å². The normalized spacial score (nSPS) is 23.0. The van der Waals surface area contributed by atoms with Gasteiger partial charge in [-0.3, -0.25) is 9.63 Å². The van der Waals surface area contributed by atoms with Gasteiger partial charge in [0.05, 0.1) is 5.02 Å². The number of piperidine rings is 1. The van der Waals surface area contributed by atoms with E-state index in [-0.39, 0.29) is 18.8 Å². The van der Waals surface area contributed by atoms with Crippen LogP contribution in [0, 0.1) is 0 Å². The Balaban J connectivity index is 1.45. The second kappa shape index (κ2) is 8.16. The number of nitrogens with zero attached hydrogens (tertiary/aromatic N) is 3. The second-order valence-corrected chi connectivity index (χ2v) is 7.95. The van der Waals surface area contributed by atoms with Crippen LogP contribution in [0.5, 0.6) is 11.5 Å². The fourth-order valence-electron chi connectivity index (χ4n) is 3.95. The Morgan fingerprint density at radius 2 is 1.87 bits per heavy atom. The first-order valence-electron chi connectivity index (χ1n) is 10.1. The fourth-order valence-corrected chi connectivity index (χ4v) is 4.06. The van der Waals surface area contributed by atoms with E-state index in [1.165, 1.54) is 0 Å². The van der Waals surface area contributed by atoms with Crippen LogP contribution in [0.2, 0.25) is 5.02 Å². The van der Waals surface area contributed by atoms with Gasteiger partial charge in [0.15, 0.2) is 23.4 Å². The monoisotopic (exact) mass is 427 g/mol. The molecule has 156 valence electrons. The van der Waals surface area contributed by atoms with Gasteiger partial charge < -0.3 is 14.4 Å². The Morgan fingerprint density at radius 1 is 1.03 bits per heavy atom. The molecule has 1 amide bonds. The quantitative estimate of drug-likeness (QED) is 0.692. The van der Waals surface area contributed by atoms with E-state index in [4.69, 9.17) is 25.9 Å². The van der Waals surface area contributed by atoms with E-state index >= 15 is 0 Å². The zero-order valence-corrected chi connectivity index (χ0v) is 17.1. The number of carbonyl (C=O) groups excluding carboxylic acids is 1. The van der Waals surface area contributed by atoms with E-state index in [0.29, 0.717) is 22.3 Å². The van der Waals surface area contributed by atoms with Crippen molar-refractivity contribution in [3.63, 3.8) is 0 Å². The van der Waals surface area contributed by atoms with Crippen LogP contribution in [0.4, 0.5) is 5.82 Å². The number of pyridine rings is 1. The number of likely N-dealkylation sites (tertiary alicyclic amines) is 1. The number of hydrogen-bond donors (Lipinski definition) is 0. The molecule has 5 rings (SSSR count). The number of benzene rings is 1. The lowest BCUT2D eigenvalue weighted by atomic mass is 10.0. The number of anilines is 1. The first kappa shape index (κ1) is 19.2. The summed E-state index contributed by atoms with van der Waals surface area (Å²) < 4.78 is 10.9. The Morgan fingerprint density at radius 3 is 2.67 bits per heavy atom. The lowest BCUT2D eigenvalue weighted by molar-refractivity contribution is -0.135. The average Bonchev–Trinajstić information content (AvgIpc) is 3.27. The molecule has 0 saturated carbocycles. The van der Waals surface area contributed by atoms with Crippen molar-refractivity contribution in [3.05, 3.63) is 59.3 Å². The van der Waals surface area contributed by atoms with Crippen molar-refractivity contribution < 1.29 is 19.1 Å². The molecule has 8 heteroatoms. The van der Waals surface area contributed by atoms with Gasteiger partial charge in [-0.1, -0.05) is 29.8 Å². The van der Waals surface area contributed by atoms with Gasteiger partial charge >= 0.3 is 0 Å². The van der Waals surface area contributed by atoms with Crippen LogP contribution in [-0.2, 0) is 9.63 Å². The lowest BCUT2D eigenvalue weighted by Crippen LogP contribution is -2.51. The molecule has 0 bridgehead atoms. The minimum absolute atomic E-state index is 0.0202. The van der Waals surface area contributed by atoms with Crippen molar-refractivity contribution in [2.75, 3.05) is 24.9 Å². The summed E-state index contributed by atoms with van der Waals surface area (Å²) in [5.74, 6) is 1.96. The van der Waals surface area contributed by atoms with E-state index in [1.54, 1.807) is 23.4 Å². The molecule has 4 heterocycles. The third kappa shape index (κ3) is 3.70. The number of amides is 1. The largest absolute Gasteiger partial charge is 0.454 e. The maximum absolute atomic E-state index is 13.3. The van der Waals surface area contributed by atoms with Gasteiger partial charge in [-0.05, 0) is 49.1 Å². The van der Waals surface area contributed by atoms with Crippen molar-refractivity contribution in [3.8, 4) is 11.5 Å². The number of aromatic nitrogens is 1. The number of ether oxygens (including phenoxy) is 2. The summed E-state index contributed by atoms with van der Waals surface area (Å²) in [5.41, 5.74) is 0.901. The topological polar surface area (TPSA) is 64.1 Å². The molecule has 0 aliphatic carbocycles. The minimum Gasteiger partial charge on any atom is -0.454 e. The van der Waals surface area contributed by atoms with Crippen molar-refractivity contribution in [1.82, 2.24) is 9.88 Å². The second-order valence-electron chi connectivity index (χ2n) is 7.51. The number of carbonyl (C=O) groups is 1. The van der Waals surface area contributed by atoms with Gasteiger partial charge in [-0.2, -0.15) is 0 Å². The predicted octanol–water partition coefficient (Wildman–Crippen LogP) is 3.89. The molecule has 0 N–H and O–H groups in total. The minimum atomic E-state index is -0.581. The molecule has 2 unspecified atom stereocenters. The molecule has 30 heavy (non-hydrogen) atoms. The van der Waals surface area contributed by atoms with Crippen LogP contribution in [0.1, 0.15) is 30.9 Å². The van der Waals surface area contributed by atoms with Crippen LogP contribution in [0.25, 0.3) is 0 Å². The molecule has 0 radical (unpaired) electrons.